The van der Waals surface area contributed by atoms with Gasteiger partial charge in [-0.3, -0.25) is 4.99 Å². The van der Waals surface area contributed by atoms with Gasteiger partial charge in [-0.05, 0) is 44.2 Å². The first-order chi connectivity index (χ1) is 12.3. The van der Waals surface area contributed by atoms with Crippen molar-refractivity contribution in [2.24, 2.45) is 4.99 Å². The van der Waals surface area contributed by atoms with E-state index in [-0.39, 0.29) is 6.10 Å². The van der Waals surface area contributed by atoms with Gasteiger partial charge >= 0.3 is 0 Å². The van der Waals surface area contributed by atoms with E-state index in [1.54, 1.807) is 0 Å². The second kappa shape index (κ2) is 12.1. The van der Waals surface area contributed by atoms with Crippen LogP contribution >= 0.6 is 11.6 Å². The van der Waals surface area contributed by atoms with E-state index in [4.69, 9.17) is 21.1 Å². The van der Waals surface area contributed by atoms with Crippen molar-refractivity contribution in [2.75, 3.05) is 39.5 Å². The van der Waals surface area contributed by atoms with Crippen molar-refractivity contribution in [3.05, 3.63) is 34.9 Å². The van der Waals surface area contributed by atoms with Gasteiger partial charge in [-0.1, -0.05) is 29.8 Å². The SMILES string of the molecule is CCNC(=NCCCc1ccccc1Cl)NCCCOC1CCOC1. The largest absolute Gasteiger partial charge is 0.379 e. The van der Waals surface area contributed by atoms with Gasteiger partial charge in [-0.2, -0.15) is 0 Å². The van der Waals surface area contributed by atoms with Crippen molar-refractivity contribution in [3.8, 4) is 0 Å². The van der Waals surface area contributed by atoms with E-state index >= 15 is 0 Å². The van der Waals surface area contributed by atoms with Crippen LogP contribution in [0.2, 0.25) is 5.02 Å². The average molecular weight is 368 g/mol. The van der Waals surface area contributed by atoms with E-state index in [2.05, 4.69) is 28.6 Å². The lowest BCUT2D eigenvalue weighted by atomic mass is 10.1. The normalized spacial score (nSPS) is 17.7. The molecule has 1 atom stereocenters. The lowest BCUT2D eigenvalue weighted by Crippen LogP contribution is -2.38. The molecule has 1 aliphatic rings. The predicted octanol–water partition coefficient (Wildman–Crippen LogP) is 3.02. The summed E-state index contributed by atoms with van der Waals surface area (Å²) in [7, 11) is 0. The number of aryl methyl sites for hydroxylation is 1. The Kier molecular flexibility index (Phi) is 9.70. The number of hydrogen-bond donors (Lipinski definition) is 2. The minimum Gasteiger partial charge on any atom is -0.379 e. The first kappa shape index (κ1) is 20.0. The number of halogens is 1. The number of nitrogens with one attached hydrogen (secondary N) is 2. The highest BCUT2D eigenvalue weighted by molar-refractivity contribution is 6.31. The summed E-state index contributed by atoms with van der Waals surface area (Å²) < 4.78 is 11.1. The van der Waals surface area contributed by atoms with Crippen molar-refractivity contribution >= 4 is 17.6 Å². The molecule has 2 N–H and O–H groups in total. The monoisotopic (exact) mass is 367 g/mol. The van der Waals surface area contributed by atoms with Gasteiger partial charge in [-0.25, -0.2) is 0 Å². The number of nitrogens with zero attached hydrogens (tertiary/aromatic N) is 1. The minimum absolute atomic E-state index is 0.284. The molecule has 1 aromatic rings. The zero-order chi connectivity index (χ0) is 17.7. The fourth-order valence-electron chi connectivity index (χ4n) is 2.68. The van der Waals surface area contributed by atoms with Crippen LogP contribution < -0.4 is 10.6 Å². The number of benzene rings is 1. The van der Waals surface area contributed by atoms with Crippen LogP contribution in [0.5, 0.6) is 0 Å². The Hall–Kier alpha value is -1.30. The van der Waals surface area contributed by atoms with E-state index in [0.29, 0.717) is 0 Å². The van der Waals surface area contributed by atoms with E-state index in [9.17, 15) is 0 Å². The molecule has 1 unspecified atom stereocenters. The summed E-state index contributed by atoms with van der Waals surface area (Å²) in [5, 5.41) is 7.47. The summed E-state index contributed by atoms with van der Waals surface area (Å²) in [6.07, 6.45) is 4.18. The molecule has 25 heavy (non-hydrogen) atoms. The van der Waals surface area contributed by atoms with Crippen LogP contribution in [-0.2, 0) is 15.9 Å². The number of ether oxygens (including phenoxy) is 2. The van der Waals surface area contributed by atoms with E-state index < -0.39 is 0 Å². The van der Waals surface area contributed by atoms with Crippen molar-refractivity contribution in [1.29, 1.82) is 0 Å². The molecular formula is C19H30ClN3O2. The highest BCUT2D eigenvalue weighted by Crippen LogP contribution is 2.16. The standard InChI is InChI=1S/C19H30ClN3O2/c1-2-21-19(23-12-6-13-25-17-10-14-24-15-17)22-11-5-8-16-7-3-4-9-18(16)20/h3-4,7,9,17H,2,5-6,8,10-15H2,1H3,(H2,21,22,23). The van der Waals surface area contributed by atoms with Gasteiger partial charge in [0.25, 0.3) is 0 Å². The number of hydrogen-bond acceptors (Lipinski definition) is 3. The molecule has 2 rings (SSSR count). The second-order valence-corrected chi connectivity index (χ2v) is 6.50. The van der Waals surface area contributed by atoms with Gasteiger partial charge in [-0.15, -0.1) is 0 Å². The molecule has 1 heterocycles. The highest BCUT2D eigenvalue weighted by Gasteiger charge is 2.15. The molecule has 1 fully saturated rings. The molecule has 0 aromatic heterocycles. The van der Waals surface area contributed by atoms with Crippen LogP contribution in [0.1, 0.15) is 31.7 Å². The number of guanidine groups is 1. The molecule has 0 spiro atoms. The zero-order valence-corrected chi connectivity index (χ0v) is 15.9. The molecular weight excluding hydrogens is 338 g/mol. The third kappa shape index (κ3) is 8.08. The Bertz CT molecular complexity index is 519. The van der Waals surface area contributed by atoms with Crippen molar-refractivity contribution in [3.63, 3.8) is 0 Å². The van der Waals surface area contributed by atoms with Crippen LogP contribution in [0.4, 0.5) is 0 Å². The third-order valence-corrected chi connectivity index (χ3v) is 4.40. The first-order valence-electron chi connectivity index (χ1n) is 9.24. The van der Waals surface area contributed by atoms with Crippen LogP contribution in [0.25, 0.3) is 0 Å². The fourth-order valence-corrected chi connectivity index (χ4v) is 2.91. The van der Waals surface area contributed by atoms with Gasteiger partial charge < -0.3 is 20.1 Å². The molecule has 1 aliphatic heterocycles. The average Bonchev–Trinajstić information content (AvgIpc) is 3.13. The van der Waals surface area contributed by atoms with E-state index in [1.807, 2.05) is 18.2 Å². The van der Waals surface area contributed by atoms with Gasteiger partial charge in [0, 0.05) is 37.9 Å². The summed E-state index contributed by atoms with van der Waals surface area (Å²) >= 11 is 6.18. The lowest BCUT2D eigenvalue weighted by Gasteiger charge is -2.13. The smallest absolute Gasteiger partial charge is 0.191 e. The molecule has 0 saturated carbocycles. The maximum atomic E-state index is 6.18. The quantitative estimate of drug-likeness (QED) is 0.379. The van der Waals surface area contributed by atoms with Crippen LogP contribution in [-0.4, -0.2) is 51.5 Å². The fraction of sp³-hybridized carbons (Fsp3) is 0.632. The Balaban J connectivity index is 1.61. The summed E-state index contributed by atoms with van der Waals surface area (Å²) in [5.41, 5.74) is 1.19. The molecule has 140 valence electrons. The molecule has 1 saturated heterocycles. The van der Waals surface area contributed by atoms with Crippen molar-refractivity contribution in [2.45, 2.75) is 38.7 Å². The molecule has 0 bridgehead atoms. The Morgan fingerprint density at radius 2 is 2.20 bits per heavy atom. The number of aliphatic imine (C=N–C) groups is 1. The first-order valence-corrected chi connectivity index (χ1v) is 9.62. The van der Waals surface area contributed by atoms with Crippen LogP contribution in [0.15, 0.2) is 29.3 Å². The molecule has 0 aliphatic carbocycles. The summed E-state index contributed by atoms with van der Waals surface area (Å²) in [6, 6.07) is 7.99. The molecule has 1 aromatic carbocycles. The minimum atomic E-state index is 0.284. The maximum absolute atomic E-state index is 6.18. The molecule has 5 nitrogen and oxygen atoms in total. The summed E-state index contributed by atoms with van der Waals surface area (Å²) in [5.74, 6) is 0.867. The van der Waals surface area contributed by atoms with Crippen LogP contribution in [0, 0.1) is 0 Å². The third-order valence-electron chi connectivity index (χ3n) is 4.03. The molecule has 0 radical (unpaired) electrons. The van der Waals surface area contributed by atoms with Gasteiger partial charge in [0.05, 0.1) is 12.7 Å². The summed E-state index contributed by atoms with van der Waals surface area (Å²) in [4.78, 5) is 4.62. The van der Waals surface area contributed by atoms with Gasteiger partial charge in [0.15, 0.2) is 5.96 Å². The lowest BCUT2D eigenvalue weighted by molar-refractivity contribution is 0.0420. The van der Waals surface area contributed by atoms with E-state index in [0.717, 1.165) is 76.1 Å². The zero-order valence-electron chi connectivity index (χ0n) is 15.1. The predicted molar refractivity (Wildman–Crippen MR) is 104 cm³/mol. The van der Waals surface area contributed by atoms with E-state index in [1.165, 1.54) is 5.56 Å². The van der Waals surface area contributed by atoms with Crippen molar-refractivity contribution < 1.29 is 9.47 Å². The molecule has 6 heteroatoms. The number of rotatable bonds is 10. The molecule has 0 amide bonds. The Morgan fingerprint density at radius 1 is 1.32 bits per heavy atom. The second-order valence-electron chi connectivity index (χ2n) is 6.09. The Labute approximate surface area is 156 Å². The van der Waals surface area contributed by atoms with Gasteiger partial charge in [0.1, 0.15) is 0 Å². The highest BCUT2D eigenvalue weighted by atomic mass is 35.5. The Morgan fingerprint density at radius 3 is 2.96 bits per heavy atom. The van der Waals surface area contributed by atoms with Crippen molar-refractivity contribution in [1.82, 2.24) is 10.6 Å². The maximum Gasteiger partial charge on any atom is 0.191 e. The summed E-state index contributed by atoms with van der Waals surface area (Å²) in [6.45, 7) is 6.88. The topological polar surface area (TPSA) is 54.9 Å². The van der Waals surface area contributed by atoms with Crippen LogP contribution in [0.3, 0.4) is 0 Å². The van der Waals surface area contributed by atoms with Gasteiger partial charge in [0.2, 0.25) is 0 Å².